The maximum absolute atomic E-state index is 13.8. The molecule has 1 aromatic heterocycles. The molecule has 0 saturated heterocycles. The van der Waals surface area contributed by atoms with E-state index in [1.54, 1.807) is 41.4 Å². The lowest BCUT2D eigenvalue weighted by Gasteiger charge is -2.31. The lowest BCUT2D eigenvalue weighted by atomic mass is 9.98. The number of hydrogen-bond acceptors (Lipinski definition) is 6. The van der Waals surface area contributed by atoms with Gasteiger partial charge in [-0.15, -0.1) is 0 Å². The van der Waals surface area contributed by atoms with Crippen LogP contribution in [0.2, 0.25) is 0 Å². The Morgan fingerprint density at radius 2 is 1.88 bits per heavy atom. The summed E-state index contributed by atoms with van der Waals surface area (Å²) in [4.78, 5) is 37.4. The molecule has 8 heteroatoms. The minimum Gasteiger partial charge on any atom is -0.493 e. The number of hydrogen-bond donors (Lipinski definition) is 1. The first-order chi connectivity index (χ1) is 19.6. The van der Waals surface area contributed by atoms with Crippen LogP contribution in [-0.4, -0.2) is 65.9 Å². The molecule has 40 heavy (non-hydrogen) atoms. The van der Waals surface area contributed by atoms with Gasteiger partial charge in [-0.3, -0.25) is 19.4 Å². The maximum Gasteiger partial charge on any atom is 0.257 e. The van der Waals surface area contributed by atoms with Gasteiger partial charge >= 0.3 is 0 Å². The number of nitrogens with zero attached hydrogens (tertiary/aromatic N) is 4. The lowest BCUT2D eigenvalue weighted by molar-refractivity contribution is -0.119. The van der Waals surface area contributed by atoms with Crippen LogP contribution in [0.3, 0.4) is 0 Å². The molecule has 3 aromatic rings. The van der Waals surface area contributed by atoms with Crippen molar-refractivity contribution in [1.29, 1.82) is 0 Å². The number of unbranched alkanes of at least 4 members (excludes halogenated alkanes) is 2. The molecule has 5 rings (SSSR count). The van der Waals surface area contributed by atoms with Crippen molar-refractivity contribution in [2.75, 3.05) is 49.5 Å². The van der Waals surface area contributed by atoms with Crippen LogP contribution in [-0.2, 0) is 17.8 Å². The van der Waals surface area contributed by atoms with E-state index >= 15 is 0 Å². The largest absolute Gasteiger partial charge is 0.493 e. The predicted octanol–water partition coefficient (Wildman–Crippen LogP) is 5.26. The summed E-state index contributed by atoms with van der Waals surface area (Å²) in [6, 6.07) is 16.9. The molecule has 0 saturated carbocycles. The van der Waals surface area contributed by atoms with Crippen LogP contribution < -0.4 is 15.0 Å². The number of ether oxygens (including phenoxy) is 1. The van der Waals surface area contributed by atoms with E-state index < -0.39 is 0 Å². The highest BCUT2D eigenvalue weighted by molar-refractivity contribution is 6.17. The van der Waals surface area contributed by atoms with Gasteiger partial charge in [0, 0.05) is 19.3 Å². The summed E-state index contributed by atoms with van der Waals surface area (Å²) in [6.45, 7) is 10.2. The fourth-order valence-electron chi connectivity index (χ4n) is 5.59. The standard InChI is InChI=1S/C32H39N5O3/c1-3-35(4-2)19-8-5-9-21-40-29-16-10-12-24-22-36(20-17-25(24)29)23-30(38)37-28-15-7-6-13-26(28)32(39)34-27-14-11-18-33-31(27)37/h6-7,10-16,18H,3-5,8-9,17,19-23H2,1-2H3,(H,34,39). The second-order valence-electron chi connectivity index (χ2n) is 10.4. The zero-order valence-electron chi connectivity index (χ0n) is 23.6. The molecule has 0 atom stereocenters. The van der Waals surface area contributed by atoms with E-state index in [-0.39, 0.29) is 18.4 Å². The van der Waals surface area contributed by atoms with Gasteiger partial charge in [0.05, 0.1) is 30.1 Å². The van der Waals surface area contributed by atoms with Crippen molar-refractivity contribution in [1.82, 2.24) is 14.8 Å². The number of anilines is 3. The van der Waals surface area contributed by atoms with Gasteiger partial charge in [-0.25, -0.2) is 4.98 Å². The Kier molecular flexibility index (Phi) is 9.08. The van der Waals surface area contributed by atoms with Crippen molar-refractivity contribution < 1.29 is 14.3 Å². The van der Waals surface area contributed by atoms with Gasteiger partial charge in [0.1, 0.15) is 5.75 Å². The number of fused-ring (bicyclic) bond motifs is 3. The molecule has 2 aliphatic heterocycles. The van der Waals surface area contributed by atoms with Crippen molar-refractivity contribution in [3.8, 4) is 5.75 Å². The van der Waals surface area contributed by atoms with Gasteiger partial charge in [-0.05, 0) is 86.8 Å². The summed E-state index contributed by atoms with van der Waals surface area (Å²) in [5.41, 5.74) is 3.97. The van der Waals surface area contributed by atoms with Crippen LogP contribution in [0.15, 0.2) is 60.8 Å². The first-order valence-electron chi connectivity index (χ1n) is 14.5. The van der Waals surface area contributed by atoms with Gasteiger partial charge in [0.25, 0.3) is 5.91 Å². The first kappa shape index (κ1) is 27.8. The third-order valence-corrected chi connectivity index (χ3v) is 7.82. The molecule has 3 heterocycles. The highest BCUT2D eigenvalue weighted by Gasteiger charge is 2.31. The number of benzene rings is 2. The molecule has 0 aliphatic carbocycles. The van der Waals surface area contributed by atoms with Gasteiger partial charge in [0.2, 0.25) is 5.91 Å². The highest BCUT2D eigenvalue weighted by Crippen LogP contribution is 2.36. The fraction of sp³-hybridized carbons (Fsp3) is 0.406. The summed E-state index contributed by atoms with van der Waals surface area (Å²) < 4.78 is 6.22. The van der Waals surface area contributed by atoms with Crippen molar-refractivity contribution in [3.05, 3.63) is 77.5 Å². The van der Waals surface area contributed by atoms with E-state index in [1.165, 1.54) is 24.0 Å². The molecule has 2 aliphatic rings. The van der Waals surface area contributed by atoms with Crippen LogP contribution >= 0.6 is 0 Å². The number of nitrogens with one attached hydrogen (secondary N) is 1. The lowest BCUT2D eigenvalue weighted by Crippen LogP contribution is -2.41. The van der Waals surface area contributed by atoms with Crippen molar-refractivity contribution in [2.45, 2.75) is 46.1 Å². The zero-order valence-corrected chi connectivity index (χ0v) is 23.6. The number of aromatic nitrogens is 1. The third-order valence-electron chi connectivity index (χ3n) is 7.82. The van der Waals surface area contributed by atoms with Gasteiger partial charge in [0.15, 0.2) is 5.82 Å². The molecule has 2 aromatic carbocycles. The Hall–Kier alpha value is -3.75. The summed E-state index contributed by atoms with van der Waals surface area (Å²) >= 11 is 0. The number of para-hydroxylation sites is 1. The molecule has 1 N–H and O–H groups in total. The van der Waals surface area contributed by atoms with E-state index in [4.69, 9.17) is 4.74 Å². The smallest absolute Gasteiger partial charge is 0.257 e. The topological polar surface area (TPSA) is 78.0 Å². The Bertz CT molecular complexity index is 1340. The van der Waals surface area contributed by atoms with Crippen molar-refractivity contribution in [3.63, 3.8) is 0 Å². The summed E-state index contributed by atoms with van der Waals surface area (Å²) in [7, 11) is 0. The molecular weight excluding hydrogens is 502 g/mol. The summed E-state index contributed by atoms with van der Waals surface area (Å²) in [6.07, 6.45) is 5.89. The average Bonchev–Trinajstić information content (AvgIpc) is 3.10. The predicted molar refractivity (Wildman–Crippen MR) is 158 cm³/mol. The number of amides is 2. The number of pyridine rings is 1. The quantitative estimate of drug-likeness (QED) is 0.334. The fourth-order valence-corrected chi connectivity index (χ4v) is 5.59. The van der Waals surface area contributed by atoms with Crippen LogP contribution in [0.25, 0.3) is 0 Å². The minimum atomic E-state index is -0.247. The molecule has 0 radical (unpaired) electrons. The molecular formula is C32H39N5O3. The van der Waals surface area contributed by atoms with Gasteiger partial charge in [-0.1, -0.05) is 38.1 Å². The van der Waals surface area contributed by atoms with Crippen LogP contribution in [0.5, 0.6) is 5.75 Å². The molecule has 0 bridgehead atoms. The number of carbonyl (C=O) groups is 2. The maximum atomic E-state index is 13.8. The van der Waals surface area contributed by atoms with Crippen LogP contribution in [0, 0.1) is 0 Å². The normalized spacial score (nSPS) is 14.7. The minimum absolute atomic E-state index is 0.121. The number of carbonyl (C=O) groups excluding carboxylic acids is 2. The Morgan fingerprint density at radius 3 is 2.73 bits per heavy atom. The molecule has 0 spiro atoms. The third kappa shape index (κ3) is 6.18. The highest BCUT2D eigenvalue weighted by atomic mass is 16.5. The Labute approximate surface area is 236 Å². The van der Waals surface area contributed by atoms with Crippen LogP contribution in [0.1, 0.15) is 54.6 Å². The molecule has 210 valence electrons. The SMILES string of the molecule is CCN(CC)CCCCCOc1cccc2c1CCN(CC(=O)N1c3ccccc3C(=O)Nc3cccnc31)C2. The van der Waals surface area contributed by atoms with E-state index in [0.29, 0.717) is 29.3 Å². The van der Waals surface area contributed by atoms with E-state index in [0.717, 1.165) is 51.4 Å². The monoisotopic (exact) mass is 541 g/mol. The second-order valence-corrected chi connectivity index (χ2v) is 10.4. The van der Waals surface area contributed by atoms with Crippen molar-refractivity contribution in [2.24, 2.45) is 0 Å². The van der Waals surface area contributed by atoms with Gasteiger partial charge < -0.3 is 15.0 Å². The molecule has 0 unspecified atom stereocenters. The van der Waals surface area contributed by atoms with Crippen LogP contribution in [0.4, 0.5) is 17.2 Å². The summed E-state index contributed by atoms with van der Waals surface area (Å²) in [5, 5.41) is 2.90. The summed E-state index contributed by atoms with van der Waals surface area (Å²) in [5.74, 6) is 1.04. The Balaban J connectivity index is 1.23. The van der Waals surface area contributed by atoms with Gasteiger partial charge in [-0.2, -0.15) is 0 Å². The van der Waals surface area contributed by atoms with E-state index in [9.17, 15) is 9.59 Å². The average molecular weight is 542 g/mol. The first-order valence-corrected chi connectivity index (χ1v) is 14.5. The molecule has 2 amide bonds. The van der Waals surface area contributed by atoms with E-state index in [1.807, 2.05) is 12.1 Å². The van der Waals surface area contributed by atoms with E-state index in [2.05, 4.69) is 46.1 Å². The van der Waals surface area contributed by atoms with Crippen molar-refractivity contribution >= 4 is 29.0 Å². The zero-order chi connectivity index (χ0) is 27.9. The Morgan fingerprint density at radius 1 is 1.02 bits per heavy atom. The second kappa shape index (κ2) is 13.1. The number of rotatable bonds is 11. The molecule has 0 fully saturated rings. The molecule has 8 nitrogen and oxygen atoms in total.